The first kappa shape index (κ1) is 16.5. The van der Waals surface area contributed by atoms with Crippen LogP contribution in [0, 0.1) is 0 Å². The van der Waals surface area contributed by atoms with E-state index in [9.17, 15) is 16.8 Å². The average molecular weight is 331 g/mol. The summed E-state index contributed by atoms with van der Waals surface area (Å²) in [5.74, 6) is 0. The molecule has 0 aromatic heterocycles. The van der Waals surface area contributed by atoms with Gasteiger partial charge >= 0.3 is 0 Å². The Morgan fingerprint density at radius 1 is 1.05 bits per heavy atom. The minimum atomic E-state index is -3.67. The maximum absolute atomic E-state index is 12.2. The molecule has 2 rings (SSSR count). The van der Waals surface area contributed by atoms with E-state index in [1.807, 2.05) is 0 Å². The molecular formula is C14H21NO4S2. The first-order chi connectivity index (χ1) is 9.62. The molecule has 2 N–H and O–H groups in total. The first-order valence-corrected chi connectivity index (χ1v) is 10.6. The van der Waals surface area contributed by atoms with Crippen molar-refractivity contribution in [1.29, 1.82) is 0 Å². The third-order valence-electron chi connectivity index (χ3n) is 4.27. The molecule has 0 atom stereocenters. The molecule has 7 heteroatoms. The van der Waals surface area contributed by atoms with E-state index >= 15 is 0 Å². The first-order valence-electron chi connectivity index (χ1n) is 6.85. The van der Waals surface area contributed by atoms with Gasteiger partial charge in [0.15, 0.2) is 19.7 Å². The number of benzene rings is 1. The summed E-state index contributed by atoms with van der Waals surface area (Å²) in [6, 6.07) is 4.67. The average Bonchev–Trinajstić information content (AvgIpc) is 2.85. The van der Waals surface area contributed by atoms with Gasteiger partial charge < -0.3 is 5.73 Å². The van der Waals surface area contributed by atoms with Gasteiger partial charge in [-0.1, -0.05) is 25.0 Å². The molecule has 1 fully saturated rings. The fourth-order valence-corrected chi connectivity index (χ4v) is 6.04. The second-order valence-corrected chi connectivity index (χ2v) is 9.81. The van der Waals surface area contributed by atoms with Crippen molar-refractivity contribution in [2.45, 2.75) is 40.9 Å². The van der Waals surface area contributed by atoms with Gasteiger partial charge in [0.1, 0.15) is 0 Å². The quantitative estimate of drug-likeness (QED) is 0.896. The lowest BCUT2D eigenvalue weighted by molar-refractivity contribution is 0.440. The van der Waals surface area contributed by atoms with E-state index in [1.54, 1.807) is 12.1 Å². The summed E-state index contributed by atoms with van der Waals surface area (Å²) in [5.41, 5.74) is 6.06. The smallest absolute Gasteiger partial charge is 0.177 e. The van der Waals surface area contributed by atoms with Crippen LogP contribution in [0.2, 0.25) is 0 Å². The highest BCUT2D eigenvalue weighted by molar-refractivity contribution is 7.93. The zero-order valence-corrected chi connectivity index (χ0v) is 13.9. The summed E-state index contributed by atoms with van der Waals surface area (Å²) in [6.07, 6.45) is 5.62. The Bertz CT molecular complexity index is 745. The normalized spacial score (nSPS) is 18.8. The summed E-state index contributed by atoms with van der Waals surface area (Å²) < 4.78 is 48.4. The van der Waals surface area contributed by atoms with Crippen LogP contribution in [0.25, 0.3) is 0 Å². The van der Waals surface area contributed by atoms with Gasteiger partial charge in [0, 0.05) is 24.5 Å². The third kappa shape index (κ3) is 3.00. The monoisotopic (exact) mass is 331 g/mol. The van der Waals surface area contributed by atoms with Crippen LogP contribution in [0.5, 0.6) is 0 Å². The van der Waals surface area contributed by atoms with Gasteiger partial charge in [-0.25, -0.2) is 16.8 Å². The molecule has 0 heterocycles. The van der Waals surface area contributed by atoms with E-state index < -0.39 is 25.1 Å². The Hall–Kier alpha value is -0.920. The minimum Gasteiger partial charge on any atom is -0.330 e. The fraction of sp³-hybridized carbons (Fsp3) is 0.571. The van der Waals surface area contributed by atoms with Gasteiger partial charge in [-0.05, 0) is 24.5 Å². The summed E-state index contributed by atoms with van der Waals surface area (Å²) in [5, 5.41) is 0. The van der Waals surface area contributed by atoms with Gasteiger partial charge in [0.2, 0.25) is 0 Å². The van der Waals surface area contributed by atoms with E-state index in [4.69, 9.17) is 5.73 Å². The number of rotatable bonds is 4. The van der Waals surface area contributed by atoms with Crippen molar-refractivity contribution in [2.24, 2.45) is 5.73 Å². The summed E-state index contributed by atoms with van der Waals surface area (Å²) in [7, 11) is -7.29. The van der Waals surface area contributed by atoms with Gasteiger partial charge in [-0.3, -0.25) is 0 Å². The minimum absolute atomic E-state index is 0.0696. The van der Waals surface area contributed by atoms with Crippen molar-refractivity contribution in [3.8, 4) is 0 Å². The van der Waals surface area contributed by atoms with Crippen molar-refractivity contribution in [1.82, 2.24) is 0 Å². The lowest BCUT2D eigenvalue weighted by atomic mass is 9.79. The molecule has 0 spiro atoms. The molecule has 0 unspecified atom stereocenters. The molecule has 118 valence electrons. The van der Waals surface area contributed by atoms with Crippen molar-refractivity contribution in [3.63, 3.8) is 0 Å². The highest BCUT2D eigenvalue weighted by Crippen LogP contribution is 2.44. The van der Waals surface area contributed by atoms with Crippen molar-refractivity contribution in [3.05, 3.63) is 23.8 Å². The van der Waals surface area contributed by atoms with Crippen LogP contribution in [0.4, 0.5) is 0 Å². The van der Waals surface area contributed by atoms with E-state index in [1.165, 1.54) is 6.07 Å². The number of sulfone groups is 2. The Morgan fingerprint density at radius 3 is 2.05 bits per heavy atom. The van der Waals surface area contributed by atoms with Crippen LogP contribution in [-0.2, 0) is 25.1 Å². The molecule has 0 saturated heterocycles. The largest absolute Gasteiger partial charge is 0.330 e. The van der Waals surface area contributed by atoms with Crippen molar-refractivity contribution in [2.75, 3.05) is 19.1 Å². The van der Waals surface area contributed by atoms with E-state index in [-0.39, 0.29) is 9.79 Å². The molecule has 0 bridgehead atoms. The lowest BCUT2D eigenvalue weighted by Gasteiger charge is -2.30. The summed E-state index contributed by atoms with van der Waals surface area (Å²) in [6.45, 7) is 0.322. The Labute approximate surface area is 126 Å². The molecule has 0 amide bonds. The molecule has 5 nitrogen and oxygen atoms in total. The summed E-state index contributed by atoms with van der Waals surface area (Å²) >= 11 is 0. The van der Waals surface area contributed by atoms with Crippen molar-refractivity contribution >= 4 is 19.7 Å². The van der Waals surface area contributed by atoms with Crippen LogP contribution in [0.3, 0.4) is 0 Å². The maximum atomic E-state index is 12.2. The molecule has 1 aromatic carbocycles. The van der Waals surface area contributed by atoms with Crippen LogP contribution in [0.15, 0.2) is 28.0 Å². The fourth-order valence-electron chi connectivity index (χ4n) is 3.24. The Morgan fingerprint density at radius 2 is 1.62 bits per heavy atom. The molecule has 0 radical (unpaired) electrons. The zero-order valence-electron chi connectivity index (χ0n) is 12.3. The molecule has 1 aromatic rings. The SMILES string of the molecule is CS(=O)(=O)c1cccc(C2(CN)CCCC2)c1S(C)(=O)=O. The number of hydrogen-bond acceptors (Lipinski definition) is 5. The highest BCUT2D eigenvalue weighted by atomic mass is 32.2. The van der Waals surface area contributed by atoms with Gasteiger partial charge in [-0.2, -0.15) is 0 Å². The van der Waals surface area contributed by atoms with Crippen molar-refractivity contribution < 1.29 is 16.8 Å². The molecular weight excluding hydrogens is 310 g/mol. The van der Waals surface area contributed by atoms with E-state index in [0.717, 1.165) is 38.2 Å². The van der Waals surface area contributed by atoms with Crippen LogP contribution in [-0.4, -0.2) is 35.9 Å². The topological polar surface area (TPSA) is 94.3 Å². The molecule has 1 aliphatic rings. The predicted molar refractivity (Wildman–Crippen MR) is 81.9 cm³/mol. The standard InChI is InChI=1S/C14H21NO4S2/c1-20(16,17)12-7-5-6-11(13(12)21(2,18)19)14(10-15)8-3-4-9-14/h5-7H,3-4,8-10,15H2,1-2H3. The second kappa shape index (κ2) is 5.37. The predicted octanol–water partition coefficient (Wildman–Crippen LogP) is 1.26. The van der Waals surface area contributed by atoms with Crippen LogP contribution >= 0.6 is 0 Å². The van der Waals surface area contributed by atoms with Crippen LogP contribution in [0.1, 0.15) is 31.2 Å². The molecule has 1 saturated carbocycles. The Balaban J connectivity index is 2.85. The second-order valence-electron chi connectivity index (χ2n) is 5.87. The van der Waals surface area contributed by atoms with Gasteiger partial charge in [-0.15, -0.1) is 0 Å². The number of hydrogen-bond donors (Lipinski definition) is 1. The maximum Gasteiger partial charge on any atom is 0.177 e. The van der Waals surface area contributed by atoms with E-state index in [0.29, 0.717) is 12.1 Å². The molecule has 21 heavy (non-hydrogen) atoms. The summed E-state index contributed by atoms with van der Waals surface area (Å²) in [4.78, 5) is -0.193. The molecule has 1 aliphatic carbocycles. The van der Waals surface area contributed by atoms with E-state index in [2.05, 4.69) is 0 Å². The van der Waals surface area contributed by atoms with Gasteiger partial charge in [0.25, 0.3) is 0 Å². The lowest BCUT2D eigenvalue weighted by Crippen LogP contribution is -2.34. The third-order valence-corrected chi connectivity index (χ3v) is 6.72. The highest BCUT2D eigenvalue weighted by Gasteiger charge is 2.39. The number of nitrogens with two attached hydrogens (primary N) is 1. The zero-order chi connectivity index (χ0) is 15.9. The van der Waals surface area contributed by atoms with Gasteiger partial charge in [0.05, 0.1) is 9.79 Å². The Kier molecular flexibility index (Phi) is 4.21. The molecule has 0 aliphatic heterocycles. The van der Waals surface area contributed by atoms with Crippen LogP contribution < -0.4 is 5.73 Å².